The van der Waals surface area contributed by atoms with E-state index in [1.807, 2.05) is 0 Å². The van der Waals surface area contributed by atoms with E-state index in [0.717, 1.165) is 12.8 Å². The van der Waals surface area contributed by atoms with Crippen LogP contribution in [0.25, 0.3) is 0 Å². The Morgan fingerprint density at radius 3 is 1.96 bits per heavy atom. The van der Waals surface area contributed by atoms with Crippen LogP contribution in [-0.2, 0) is 9.53 Å². The van der Waals surface area contributed by atoms with E-state index in [-0.39, 0.29) is 25.2 Å². The molecule has 1 aliphatic rings. The minimum absolute atomic E-state index is 0. The van der Waals surface area contributed by atoms with Crippen LogP contribution in [-0.4, -0.2) is 58.3 Å². The molecule has 0 spiro atoms. The van der Waals surface area contributed by atoms with Crippen LogP contribution in [0.4, 0.5) is 0 Å². The van der Waals surface area contributed by atoms with E-state index < -0.39 is 0 Å². The third-order valence-electron chi connectivity index (χ3n) is 4.50. The van der Waals surface area contributed by atoms with E-state index in [9.17, 15) is 9.59 Å². The smallest absolute Gasteiger partial charge is 0.305 e. The highest BCUT2D eigenvalue weighted by atomic mass is 16.5. The molecule has 1 aromatic rings. The number of piperidine rings is 1. The lowest BCUT2D eigenvalue weighted by atomic mass is 9.93. The number of carbonyl (C=O) groups excluding carboxylic acids is 2. The van der Waals surface area contributed by atoms with Crippen LogP contribution < -0.4 is 14.2 Å². The van der Waals surface area contributed by atoms with Gasteiger partial charge in [0.15, 0.2) is 11.5 Å². The lowest BCUT2D eigenvalue weighted by Crippen LogP contribution is -2.39. The second-order valence-corrected chi connectivity index (χ2v) is 5.93. The molecule has 7 nitrogen and oxygen atoms in total. The summed E-state index contributed by atoms with van der Waals surface area (Å²) in [4.78, 5) is 26.0. The highest BCUT2D eigenvalue weighted by Crippen LogP contribution is 2.38. The standard InChI is InChI=1S/C18H25NO6.CH4/c1-22-14-10-13(11-15(23-2)17(14)25-4)18(21)19-7-5-12(6-8-19)9-16(20)24-3;/h10-12H,5-9H2,1-4H3;1H4. The van der Waals surface area contributed by atoms with Gasteiger partial charge < -0.3 is 23.8 Å². The molecule has 0 atom stereocenters. The molecule has 1 aliphatic heterocycles. The van der Waals surface area contributed by atoms with E-state index in [1.54, 1.807) is 17.0 Å². The molecular formula is C19H29NO6. The maximum atomic E-state index is 12.8. The summed E-state index contributed by atoms with van der Waals surface area (Å²) < 4.78 is 20.6. The first-order valence-corrected chi connectivity index (χ1v) is 8.20. The molecule has 26 heavy (non-hydrogen) atoms. The fraction of sp³-hybridized carbons (Fsp3) is 0.579. The molecule has 7 heteroatoms. The van der Waals surface area contributed by atoms with E-state index in [1.165, 1.54) is 28.4 Å². The van der Waals surface area contributed by atoms with Crippen molar-refractivity contribution in [2.45, 2.75) is 26.7 Å². The summed E-state index contributed by atoms with van der Waals surface area (Å²) in [6, 6.07) is 3.31. The summed E-state index contributed by atoms with van der Waals surface area (Å²) in [5, 5.41) is 0. The fourth-order valence-corrected chi connectivity index (χ4v) is 3.05. The quantitative estimate of drug-likeness (QED) is 0.720. The van der Waals surface area contributed by atoms with E-state index in [0.29, 0.717) is 42.3 Å². The number of benzene rings is 1. The Morgan fingerprint density at radius 1 is 1.00 bits per heavy atom. The van der Waals surface area contributed by atoms with Gasteiger partial charge in [-0.2, -0.15) is 0 Å². The predicted octanol–water partition coefficient (Wildman–Crippen LogP) is 2.76. The summed E-state index contributed by atoms with van der Waals surface area (Å²) in [5.41, 5.74) is 0.487. The Bertz CT molecular complexity index is 597. The third-order valence-corrected chi connectivity index (χ3v) is 4.50. The summed E-state index contributed by atoms with van der Waals surface area (Å²) >= 11 is 0. The van der Waals surface area contributed by atoms with Gasteiger partial charge in [-0.1, -0.05) is 7.43 Å². The first kappa shape index (κ1) is 21.6. The number of amides is 1. The van der Waals surface area contributed by atoms with Gasteiger partial charge in [0.25, 0.3) is 5.91 Å². The van der Waals surface area contributed by atoms with Gasteiger partial charge in [-0.15, -0.1) is 0 Å². The largest absolute Gasteiger partial charge is 0.493 e. The first-order valence-electron chi connectivity index (χ1n) is 8.20. The van der Waals surface area contributed by atoms with Gasteiger partial charge in [0.2, 0.25) is 5.75 Å². The SMILES string of the molecule is C.COC(=O)CC1CCN(C(=O)c2cc(OC)c(OC)c(OC)c2)CC1. The molecule has 1 aromatic carbocycles. The second kappa shape index (κ2) is 9.89. The van der Waals surface area contributed by atoms with Crippen LogP contribution in [0.2, 0.25) is 0 Å². The van der Waals surface area contributed by atoms with Crippen LogP contribution in [0.15, 0.2) is 12.1 Å². The molecule has 1 fully saturated rings. The van der Waals surface area contributed by atoms with Crippen LogP contribution >= 0.6 is 0 Å². The Morgan fingerprint density at radius 2 is 1.54 bits per heavy atom. The lowest BCUT2D eigenvalue weighted by Gasteiger charge is -2.31. The molecule has 0 radical (unpaired) electrons. The van der Waals surface area contributed by atoms with Crippen molar-refractivity contribution in [1.29, 1.82) is 0 Å². The summed E-state index contributed by atoms with van der Waals surface area (Å²) in [5.74, 6) is 1.33. The fourth-order valence-electron chi connectivity index (χ4n) is 3.05. The Balaban J connectivity index is 0.00000338. The van der Waals surface area contributed by atoms with Crippen molar-refractivity contribution in [2.24, 2.45) is 5.92 Å². The van der Waals surface area contributed by atoms with Gasteiger partial charge in [-0.25, -0.2) is 0 Å². The van der Waals surface area contributed by atoms with E-state index in [2.05, 4.69) is 0 Å². The average molecular weight is 367 g/mol. The molecule has 0 bridgehead atoms. The molecule has 2 rings (SSSR count). The van der Waals surface area contributed by atoms with Gasteiger partial charge in [0.05, 0.1) is 28.4 Å². The summed E-state index contributed by atoms with van der Waals surface area (Å²) in [6.07, 6.45) is 1.97. The van der Waals surface area contributed by atoms with Gasteiger partial charge >= 0.3 is 5.97 Å². The number of hydrogen-bond acceptors (Lipinski definition) is 6. The number of rotatable bonds is 6. The number of carbonyl (C=O) groups is 2. The zero-order valence-corrected chi connectivity index (χ0v) is 15.2. The molecule has 0 unspecified atom stereocenters. The number of ether oxygens (including phenoxy) is 4. The molecular weight excluding hydrogens is 338 g/mol. The van der Waals surface area contributed by atoms with Gasteiger partial charge in [-0.3, -0.25) is 9.59 Å². The number of nitrogens with zero attached hydrogens (tertiary/aromatic N) is 1. The highest BCUT2D eigenvalue weighted by Gasteiger charge is 2.27. The zero-order chi connectivity index (χ0) is 18.4. The Hall–Kier alpha value is -2.44. The normalized spacial score (nSPS) is 14.2. The Labute approximate surface area is 155 Å². The minimum atomic E-state index is -0.200. The zero-order valence-electron chi connectivity index (χ0n) is 15.2. The lowest BCUT2D eigenvalue weighted by molar-refractivity contribution is -0.142. The molecule has 146 valence electrons. The van der Waals surface area contributed by atoms with Crippen molar-refractivity contribution >= 4 is 11.9 Å². The molecule has 0 saturated carbocycles. The monoisotopic (exact) mass is 367 g/mol. The first-order chi connectivity index (χ1) is 12.0. The van der Waals surface area contributed by atoms with Crippen molar-refractivity contribution < 1.29 is 28.5 Å². The van der Waals surface area contributed by atoms with Crippen molar-refractivity contribution in [2.75, 3.05) is 41.5 Å². The van der Waals surface area contributed by atoms with Crippen molar-refractivity contribution in [3.8, 4) is 17.2 Å². The van der Waals surface area contributed by atoms with Crippen molar-refractivity contribution in [1.82, 2.24) is 4.90 Å². The molecule has 1 amide bonds. The number of likely N-dealkylation sites (tertiary alicyclic amines) is 1. The van der Waals surface area contributed by atoms with Gasteiger partial charge in [-0.05, 0) is 30.9 Å². The van der Waals surface area contributed by atoms with Crippen LogP contribution in [0.5, 0.6) is 17.2 Å². The maximum absolute atomic E-state index is 12.8. The molecule has 1 heterocycles. The van der Waals surface area contributed by atoms with Crippen LogP contribution in [0, 0.1) is 5.92 Å². The van der Waals surface area contributed by atoms with Crippen LogP contribution in [0.1, 0.15) is 37.0 Å². The van der Waals surface area contributed by atoms with E-state index in [4.69, 9.17) is 18.9 Å². The van der Waals surface area contributed by atoms with Crippen molar-refractivity contribution in [3.05, 3.63) is 17.7 Å². The van der Waals surface area contributed by atoms with Gasteiger partial charge in [0.1, 0.15) is 0 Å². The van der Waals surface area contributed by atoms with Gasteiger partial charge in [0, 0.05) is 25.1 Å². The highest BCUT2D eigenvalue weighted by molar-refractivity contribution is 5.95. The second-order valence-electron chi connectivity index (χ2n) is 5.93. The van der Waals surface area contributed by atoms with E-state index >= 15 is 0 Å². The maximum Gasteiger partial charge on any atom is 0.305 e. The summed E-state index contributed by atoms with van der Waals surface area (Å²) in [6.45, 7) is 1.22. The molecule has 0 aromatic heterocycles. The third kappa shape index (κ3) is 4.80. The average Bonchev–Trinajstić information content (AvgIpc) is 2.66. The molecule has 0 aliphatic carbocycles. The van der Waals surface area contributed by atoms with Crippen molar-refractivity contribution in [3.63, 3.8) is 0 Å². The summed E-state index contributed by atoms with van der Waals surface area (Å²) in [7, 11) is 5.95. The Kier molecular flexibility index (Phi) is 8.22. The molecule has 1 saturated heterocycles. The number of methoxy groups -OCH3 is 4. The van der Waals surface area contributed by atoms with Crippen LogP contribution in [0.3, 0.4) is 0 Å². The topological polar surface area (TPSA) is 74.3 Å². The minimum Gasteiger partial charge on any atom is -0.493 e. The number of esters is 1. The number of hydrogen-bond donors (Lipinski definition) is 0. The predicted molar refractivity (Wildman–Crippen MR) is 98.1 cm³/mol. The molecule has 0 N–H and O–H groups in total.